The van der Waals surface area contributed by atoms with Gasteiger partial charge in [0.15, 0.2) is 5.82 Å². The maximum atomic E-state index is 14.2. The molecule has 0 bridgehead atoms. The van der Waals surface area contributed by atoms with Gasteiger partial charge in [-0.05, 0) is 42.3 Å². The average Bonchev–Trinajstić information content (AvgIpc) is 3.24. The van der Waals surface area contributed by atoms with Gasteiger partial charge in [0, 0.05) is 29.1 Å². The van der Waals surface area contributed by atoms with Crippen LogP contribution >= 0.6 is 23.2 Å². The molecule has 0 aliphatic carbocycles. The summed E-state index contributed by atoms with van der Waals surface area (Å²) < 4.78 is 72.6. The number of halogens is 6. The van der Waals surface area contributed by atoms with Crippen LogP contribution in [-0.2, 0) is 20.2 Å². The number of amides is 1. The predicted octanol–water partition coefficient (Wildman–Crippen LogP) is 6.67. The summed E-state index contributed by atoms with van der Waals surface area (Å²) in [7, 11) is -2.67. The lowest BCUT2D eigenvalue weighted by atomic mass is 9.86. The van der Waals surface area contributed by atoms with Gasteiger partial charge in [-0.2, -0.15) is 17.5 Å². The van der Waals surface area contributed by atoms with Gasteiger partial charge in [-0.25, -0.2) is 8.60 Å². The third-order valence-electron chi connectivity index (χ3n) is 5.58. The second-order valence-electron chi connectivity index (χ2n) is 7.66. The second kappa shape index (κ2) is 9.47. The average molecular weight is 539 g/mol. The molecular weight excluding hydrogens is 519 g/mol. The predicted molar refractivity (Wildman–Crippen MR) is 124 cm³/mol. The molecule has 0 saturated carbocycles. The van der Waals surface area contributed by atoms with Crippen LogP contribution in [0.2, 0.25) is 10.0 Å². The number of carbonyl (C=O) groups excluding carboxylic acids is 1. The van der Waals surface area contributed by atoms with Crippen LogP contribution in [0, 0.1) is 12.7 Å². The lowest BCUT2D eigenvalue weighted by molar-refractivity contribution is -0.275. The molecule has 1 aliphatic rings. The van der Waals surface area contributed by atoms with E-state index >= 15 is 0 Å². The molecule has 3 rings (SSSR count). The number of hydrogen-bond donors (Lipinski definition) is 0. The molecular formula is C22H20Cl2F4N2O3S. The molecule has 5 nitrogen and oxygen atoms in total. The molecule has 0 fully saturated rings. The highest BCUT2D eigenvalue weighted by Crippen LogP contribution is 2.50. The van der Waals surface area contributed by atoms with E-state index in [1.807, 2.05) is 0 Å². The quantitative estimate of drug-likeness (QED) is 0.315. The summed E-state index contributed by atoms with van der Waals surface area (Å²) in [6.45, 7) is 4.93. The third-order valence-corrected chi connectivity index (χ3v) is 8.43. The van der Waals surface area contributed by atoms with Crippen molar-refractivity contribution in [3.8, 4) is 0 Å². The summed E-state index contributed by atoms with van der Waals surface area (Å²) in [5.41, 5.74) is -2.58. The van der Waals surface area contributed by atoms with Crippen molar-refractivity contribution in [1.29, 1.82) is 0 Å². The Hall–Kier alpha value is -2.17. The number of rotatable bonds is 5. The highest BCUT2D eigenvalue weighted by Gasteiger charge is 2.62. The molecule has 1 atom stereocenters. The van der Waals surface area contributed by atoms with Crippen molar-refractivity contribution in [3.63, 3.8) is 0 Å². The Morgan fingerprint density at radius 1 is 1.18 bits per heavy atom. The lowest BCUT2D eigenvalue weighted by Gasteiger charge is -2.29. The molecule has 0 aromatic heterocycles. The van der Waals surface area contributed by atoms with Crippen LogP contribution in [0.15, 0.2) is 39.9 Å². The summed E-state index contributed by atoms with van der Waals surface area (Å²) >= 11 is 11.4. The Morgan fingerprint density at radius 3 is 2.26 bits per heavy atom. The molecule has 0 N–H and O–H groups in total. The Morgan fingerprint density at radius 2 is 1.76 bits per heavy atom. The van der Waals surface area contributed by atoms with Crippen LogP contribution < -0.4 is 0 Å². The first-order chi connectivity index (χ1) is 15.8. The van der Waals surface area contributed by atoms with Gasteiger partial charge in [0.25, 0.3) is 11.5 Å². The van der Waals surface area contributed by atoms with E-state index in [0.29, 0.717) is 5.56 Å². The van der Waals surface area contributed by atoms with Crippen molar-refractivity contribution in [2.45, 2.75) is 39.0 Å². The fourth-order valence-corrected chi connectivity index (χ4v) is 5.02. The zero-order valence-electron chi connectivity index (χ0n) is 18.3. The van der Waals surface area contributed by atoms with Crippen molar-refractivity contribution in [1.82, 2.24) is 0 Å². The molecule has 1 amide bonds. The summed E-state index contributed by atoms with van der Waals surface area (Å²) in [6.07, 6.45) is -5.67. The van der Waals surface area contributed by atoms with Gasteiger partial charge >= 0.3 is 6.18 Å². The fourth-order valence-electron chi connectivity index (χ4n) is 3.46. The molecule has 0 radical (unpaired) electrons. The van der Waals surface area contributed by atoms with Crippen LogP contribution in [-0.4, -0.2) is 33.5 Å². The summed E-state index contributed by atoms with van der Waals surface area (Å²) in [5, 5.41) is 2.48. The van der Waals surface area contributed by atoms with Crippen molar-refractivity contribution >= 4 is 44.5 Å². The van der Waals surface area contributed by atoms with Crippen molar-refractivity contribution in [3.05, 3.63) is 68.4 Å². The van der Waals surface area contributed by atoms with Gasteiger partial charge in [0.2, 0.25) is 0 Å². The molecule has 1 heterocycles. The van der Waals surface area contributed by atoms with E-state index in [1.165, 1.54) is 18.2 Å². The topological polar surface area (TPSA) is 68.1 Å². The lowest BCUT2D eigenvalue weighted by Crippen LogP contribution is -2.42. The molecule has 1 unspecified atom stereocenters. The molecule has 2 aromatic rings. The summed E-state index contributed by atoms with van der Waals surface area (Å²) in [5.74, 6) is -1.27. The van der Waals surface area contributed by atoms with Gasteiger partial charge in [-0.15, -0.1) is 0 Å². The minimum absolute atomic E-state index is 0.0427. The van der Waals surface area contributed by atoms with E-state index < -0.39 is 55.3 Å². The molecule has 2 aromatic carbocycles. The van der Waals surface area contributed by atoms with E-state index in [-0.39, 0.29) is 28.3 Å². The van der Waals surface area contributed by atoms with Gasteiger partial charge < -0.3 is 4.84 Å². The molecule has 0 spiro atoms. The van der Waals surface area contributed by atoms with Crippen molar-refractivity contribution in [2.24, 2.45) is 9.52 Å². The maximum Gasteiger partial charge on any atom is 0.435 e. The zero-order chi connectivity index (χ0) is 25.5. The maximum absolute atomic E-state index is 14.2. The minimum Gasteiger partial charge on any atom is -0.374 e. The Bertz CT molecular complexity index is 1270. The molecule has 184 valence electrons. The number of nitrogens with zero attached hydrogens (tertiary/aromatic N) is 2. The van der Waals surface area contributed by atoms with Gasteiger partial charge in [0.1, 0.15) is 0 Å². The SMILES string of the molecule is CCS(=O)(CC)=NC(=O)c1ccc(C2=NOC(c3cc(Cl)c(F)c(Cl)c3)(C(F)(F)F)C2)cc1C. The Kier molecular flexibility index (Phi) is 7.36. The molecule has 12 heteroatoms. The first-order valence-electron chi connectivity index (χ1n) is 10.1. The van der Waals surface area contributed by atoms with Crippen LogP contribution in [0.3, 0.4) is 0 Å². The monoisotopic (exact) mass is 538 g/mol. The standard InChI is InChI=1S/C22H20Cl2F4N2O3S/c1-4-34(32,5-2)30-20(31)15-7-6-13(8-12(15)3)18-11-21(33-29-18,22(26,27)28)14-9-16(23)19(25)17(24)10-14/h6-10H,4-5,11H2,1-3H3. The highest BCUT2D eigenvalue weighted by molar-refractivity contribution is 7.93. The van der Waals surface area contributed by atoms with E-state index in [9.17, 15) is 26.6 Å². The van der Waals surface area contributed by atoms with E-state index in [1.54, 1.807) is 20.8 Å². The minimum atomic E-state index is -4.94. The van der Waals surface area contributed by atoms with Gasteiger partial charge in [-0.3, -0.25) is 4.79 Å². The van der Waals surface area contributed by atoms with E-state index in [4.69, 9.17) is 28.0 Å². The number of aryl methyl sites for hydroxylation is 1. The first kappa shape index (κ1) is 26.4. The fraction of sp³-hybridized carbons (Fsp3) is 0.364. The number of alkyl halides is 3. The molecule has 1 aliphatic heterocycles. The Labute approximate surface area is 204 Å². The van der Waals surface area contributed by atoms with E-state index in [0.717, 1.165) is 12.1 Å². The number of carbonyl (C=O) groups is 1. The smallest absolute Gasteiger partial charge is 0.374 e. The Balaban J connectivity index is 1.98. The largest absolute Gasteiger partial charge is 0.435 e. The molecule has 0 saturated heterocycles. The van der Waals surface area contributed by atoms with Gasteiger partial charge in [-0.1, -0.05) is 48.3 Å². The van der Waals surface area contributed by atoms with E-state index in [2.05, 4.69) is 9.52 Å². The number of hydrogen-bond acceptors (Lipinski definition) is 4. The number of oxime groups is 1. The highest BCUT2D eigenvalue weighted by atomic mass is 35.5. The van der Waals surface area contributed by atoms with Crippen LogP contribution in [0.1, 0.15) is 47.3 Å². The third kappa shape index (κ3) is 4.81. The summed E-state index contributed by atoms with van der Waals surface area (Å²) in [4.78, 5) is 17.5. The van der Waals surface area contributed by atoms with Crippen LogP contribution in [0.25, 0.3) is 0 Å². The van der Waals surface area contributed by atoms with Crippen LogP contribution in [0.5, 0.6) is 0 Å². The second-order valence-corrected chi connectivity index (χ2v) is 11.4. The van der Waals surface area contributed by atoms with Crippen molar-refractivity contribution < 1.29 is 31.4 Å². The van der Waals surface area contributed by atoms with Gasteiger partial charge in [0.05, 0.1) is 25.5 Å². The normalized spacial score (nSPS) is 18.4. The molecule has 34 heavy (non-hydrogen) atoms. The number of benzene rings is 2. The summed E-state index contributed by atoms with van der Waals surface area (Å²) in [6, 6.07) is 5.89. The zero-order valence-corrected chi connectivity index (χ0v) is 20.6. The van der Waals surface area contributed by atoms with Crippen molar-refractivity contribution in [2.75, 3.05) is 11.5 Å². The van der Waals surface area contributed by atoms with Crippen LogP contribution in [0.4, 0.5) is 17.6 Å². The first-order valence-corrected chi connectivity index (χ1v) is 12.7.